The fraction of sp³-hybridized carbons (Fsp3) is 0.308. The van der Waals surface area contributed by atoms with Gasteiger partial charge in [-0.25, -0.2) is 0 Å². The number of fused-ring (bicyclic) bond motifs is 1. The number of aliphatic hydroxyl groups is 1. The molecule has 1 atom stereocenters. The molecule has 1 fully saturated rings. The lowest BCUT2D eigenvalue weighted by atomic mass is 9.93. The standard InChI is InChI=1S/C26H28N2O4/c1-5-6-11-28-22(19-14-27-20-10-8-7-9-17(19)20)21(24(30)26(28)31)23(29)18-13-15(2)12-16(3)25(18)32-4/h7-10,12-14,22,27,29H,5-6,11H2,1-4H3/b23-21+. The Kier molecular flexibility index (Phi) is 5.78. The van der Waals surface area contributed by atoms with Gasteiger partial charge in [-0.3, -0.25) is 9.59 Å². The van der Waals surface area contributed by atoms with Crippen molar-refractivity contribution in [2.45, 2.75) is 39.7 Å². The second-order valence-corrected chi connectivity index (χ2v) is 8.30. The lowest BCUT2D eigenvalue weighted by Gasteiger charge is -2.25. The van der Waals surface area contributed by atoms with Gasteiger partial charge in [0.2, 0.25) is 0 Å². The lowest BCUT2D eigenvalue weighted by Crippen LogP contribution is -2.30. The molecule has 2 heterocycles. The number of hydrogen-bond acceptors (Lipinski definition) is 4. The van der Waals surface area contributed by atoms with Crippen molar-refractivity contribution in [2.75, 3.05) is 13.7 Å². The molecule has 2 N–H and O–H groups in total. The molecule has 6 heteroatoms. The molecule has 6 nitrogen and oxygen atoms in total. The van der Waals surface area contributed by atoms with Crippen molar-refractivity contribution < 1.29 is 19.4 Å². The summed E-state index contributed by atoms with van der Waals surface area (Å²) >= 11 is 0. The van der Waals surface area contributed by atoms with Crippen LogP contribution in [0.4, 0.5) is 0 Å². The molecule has 1 saturated heterocycles. The van der Waals surface area contributed by atoms with Crippen molar-refractivity contribution >= 4 is 28.4 Å². The van der Waals surface area contributed by atoms with Gasteiger partial charge in [-0.15, -0.1) is 0 Å². The topological polar surface area (TPSA) is 82.6 Å². The van der Waals surface area contributed by atoms with Gasteiger partial charge in [0.25, 0.3) is 11.7 Å². The van der Waals surface area contributed by atoms with Crippen molar-refractivity contribution in [1.82, 2.24) is 9.88 Å². The molecule has 2 aromatic carbocycles. The van der Waals surface area contributed by atoms with Crippen molar-refractivity contribution in [3.63, 3.8) is 0 Å². The van der Waals surface area contributed by atoms with Crippen molar-refractivity contribution in [3.8, 4) is 5.75 Å². The van der Waals surface area contributed by atoms with E-state index in [1.165, 1.54) is 7.11 Å². The third kappa shape index (κ3) is 3.45. The van der Waals surface area contributed by atoms with Gasteiger partial charge in [0.15, 0.2) is 0 Å². The van der Waals surface area contributed by atoms with E-state index in [2.05, 4.69) is 4.98 Å². The molecule has 0 saturated carbocycles. The Labute approximate surface area is 187 Å². The highest BCUT2D eigenvalue weighted by Crippen LogP contribution is 2.43. The second-order valence-electron chi connectivity index (χ2n) is 8.30. The number of Topliss-reactive ketones (excluding diaryl/α,β-unsaturated/α-hetero) is 1. The first-order valence-electron chi connectivity index (χ1n) is 10.9. The van der Waals surface area contributed by atoms with Gasteiger partial charge < -0.3 is 19.7 Å². The summed E-state index contributed by atoms with van der Waals surface area (Å²) in [5.41, 5.74) is 3.99. The molecule has 0 aliphatic carbocycles. The molecule has 1 aromatic heterocycles. The molecular formula is C26H28N2O4. The highest BCUT2D eigenvalue weighted by atomic mass is 16.5. The number of nitrogens with one attached hydrogen (secondary N) is 1. The van der Waals surface area contributed by atoms with Crippen LogP contribution in [0.3, 0.4) is 0 Å². The largest absolute Gasteiger partial charge is 0.507 e. The first-order chi connectivity index (χ1) is 15.4. The number of amides is 1. The predicted octanol–water partition coefficient (Wildman–Crippen LogP) is 5.02. The van der Waals surface area contributed by atoms with E-state index in [4.69, 9.17) is 4.74 Å². The van der Waals surface area contributed by atoms with E-state index in [0.29, 0.717) is 17.9 Å². The maximum absolute atomic E-state index is 13.2. The number of ketones is 1. The zero-order valence-corrected chi connectivity index (χ0v) is 18.9. The number of nitrogens with zero attached hydrogens (tertiary/aromatic N) is 1. The van der Waals surface area contributed by atoms with Crippen LogP contribution in [-0.2, 0) is 9.59 Å². The van der Waals surface area contributed by atoms with E-state index < -0.39 is 17.7 Å². The second kappa shape index (κ2) is 8.54. The van der Waals surface area contributed by atoms with Crippen LogP contribution in [0.15, 0.2) is 48.2 Å². The summed E-state index contributed by atoms with van der Waals surface area (Å²) in [7, 11) is 1.53. The summed E-state index contributed by atoms with van der Waals surface area (Å²) < 4.78 is 5.55. The molecule has 0 bridgehead atoms. The number of likely N-dealkylation sites (tertiary alicyclic amines) is 1. The van der Waals surface area contributed by atoms with Crippen LogP contribution >= 0.6 is 0 Å². The third-order valence-electron chi connectivity index (χ3n) is 6.09. The van der Waals surface area contributed by atoms with Crippen LogP contribution in [0.2, 0.25) is 0 Å². The smallest absolute Gasteiger partial charge is 0.295 e. The Morgan fingerprint density at radius 1 is 1.19 bits per heavy atom. The van der Waals surface area contributed by atoms with Crippen LogP contribution in [0.25, 0.3) is 16.7 Å². The Bertz CT molecular complexity index is 1240. The molecule has 32 heavy (non-hydrogen) atoms. The van der Waals surface area contributed by atoms with Gasteiger partial charge in [0.1, 0.15) is 11.5 Å². The number of ether oxygens (including phenoxy) is 1. The number of hydrogen-bond donors (Lipinski definition) is 2. The zero-order chi connectivity index (χ0) is 23.0. The summed E-state index contributed by atoms with van der Waals surface area (Å²) in [6, 6.07) is 10.8. The molecular weight excluding hydrogens is 404 g/mol. The first kappa shape index (κ1) is 21.7. The average molecular weight is 433 g/mol. The Hall–Kier alpha value is -3.54. The van der Waals surface area contributed by atoms with Crippen LogP contribution < -0.4 is 4.74 Å². The maximum Gasteiger partial charge on any atom is 0.295 e. The normalized spacial score (nSPS) is 18.0. The Morgan fingerprint density at radius 3 is 2.66 bits per heavy atom. The number of H-pyrrole nitrogens is 1. The number of aliphatic hydroxyl groups excluding tert-OH is 1. The van der Waals surface area contributed by atoms with Gasteiger partial charge in [-0.05, 0) is 43.5 Å². The van der Waals surface area contributed by atoms with Crippen LogP contribution in [0.5, 0.6) is 5.75 Å². The van der Waals surface area contributed by atoms with Gasteiger partial charge in [-0.2, -0.15) is 0 Å². The number of unbranched alkanes of at least 4 members (excludes halogenated alkanes) is 1. The van der Waals surface area contributed by atoms with E-state index in [0.717, 1.165) is 40.4 Å². The summed E-state index contributed by atoms with van der Waals surface area (Å²) in [5.74, 6) is -0.972. The molecule has 166 valence electrons. The highest BCUT2D eigenvalue weighted by Gasteiger charge is 2.46. The minimum Gasteiger partial charge on any atom is -0.507 e. The quantitative estimate of drug-likeness (QED) is 0.326. The number of para-hydroxylation sites is 1. The number of rotatable bonds is 6. The lowest BCUT2D eigenvalue weighted by molar-refractivity contribution is -0.139. The summed E-state index contributed by atoms with van der Waals surface area (Å²) in [6.07, 6.45) is 3.47. The van der Waals surface area contributed by atoms with E-state index in [-0.39, 0.29) is 11.3 Å². The molecule has 1 aliphatic rings. The highest BCUT2D eigenvalue weighted by molar-refractivity contribution is 6.46. The summed E-state index contributed by atoms with van der Waals surface area (Å²) in [4.78, 5) is 31.1. The minimum absolute atomic E-state index is 0.0964. The molecule has 3 aromatic rings. The molecule has 1 amide bonds. The van der Waals surface area contributed by atoms with Gasteiger partial charge >= 0.3 is 0 Å². The monoisotopic (exact) mass is 432 g/mol. The van der Waals surface area contributed by atoms with Gasteiger partial charge in [0, 0.05) is 29.2 Å². The Balaban J connectivity index is 1.98. The molecule has 0 radical (unpaired) electrons. The van der Waals surface area contributed by atoms with Crippen LogP contribution in [0.1, 0.15) is 48.1 Å². The fourth-order valence-electron chi connectivity index (χ4n) is 4.63. The van der Waals surface area contributed by atoms with Crippen molar-refractivity contribution in [3.05, 3.63) is 70.4 Å². The van der Waals surface area contributed by atoms with Gasteiger partial charge in [0.05, 0.1) is 24.3 Å². The number of carbonyl (C=O) groups excluding carboxylic acids is 2. The number of aromatic nitrogens is 1. The van der Waals surface area contributed by atoms with E-state index in [1.807, 2.05) is 57.3 Å². The van der Waals surface area contributed by atoms with Crippen LogP contribution in [-0.4, -0.2) is 40.3 Å². The molecule has 0 spiro atoms. The van der Waals surface area contributed by atoms with Gasteiger partial charge in [-0.1, -0.05) is 37.6 Å². The zero-order valence-electron chi connectivity index (χ0n) is 18.9. The Morgan fingerprint density at radius 2 is 1.94 bits per heavy atom. The summed E-state index contributed by atoms with van der Waals surface area (Å²) in [6.45, 7) is 6.28. The van der Waals surface area contributed by atoms with Crippen LogP contribution in [0, 0.1) is 13.8 Å². The number of methoxy groups -OCH3 is 1. The minimum atomic E-state index is -0.678. The SMILES string of the molecule is CCCCN1C(=O)C(=O)/C(=C(/O)c2cc(C)cc(C)c2OC)C1c1c[nH]c2ccccc12. The molecule has 1 aliphatic heterocycles. The molecule has 4 rings (SSSR count). The average Bonchev–Trinajstić information content (AvgIpc) is 3.30. The number of aromatic amines is 1. The summed E-state index contributed by atoms with van der Waals surface area (Å²) in [5, 5.41) is 12.4. The predicted molar refractivity (Wildman–Crippen MR) is 125 cm³/mol. The van der Waals surface area contributed by atoms with E-state index in [9.17, 15) is 14.7 Å². The number of benzene rings is 2. The molecule has 1 unspecified atom stereocenters. The van der Waals surface area contributed by atoms with E-state index >= 15 is 0 Å². The first-order valence-corrected chi connectivity index (χ1v) is 10.9. The maximum atomic E-state index is 13.2. The third-order valence-corrected chi connectivity index (χ3v) is 6.09. The number of carbonyl (C=O) groups is 2. The number of aryl methyl sites for hydroxylation is 2. The van der Waals surface area contributed by atoms with Crippen molar-refractivity contribution in [2.24, 2.45) is 0 Å². The van der Waals surface area contributed by atoms with Crippen molar-refractivity contribution in [1.29, 1.82) is 0 Å². The fourth-order valence-corrected chi connectivity index (χ4v) is 4.63. The van der Waals surface area contributed by atoms with E-state index in [1.54, 1.807) is 11.0 Å².